The van der Waals surface area contributed by atoms with E-state index in [-0.39, 0.29) is 35.5 Å². The van der Waals surface area contributed by atoms with Gasteiger partial charge in [-0.05, 0) is 25.0 Å². The lowest BCUT2D eigenvalue weighted by Gasteiger charge is -2.08. The number of ketones is 2. The highest BCUT2D eigenvalue weighted by Crippen LogP contribution is 2.16. The number of nitrogens with two attached hydrogens (primary N) is 2. The van der Waals surface area contributed by atoms with E-state index in [0.29, 0.717) is 24.0 Å². The number of hydrazine groups is 2. The highest BCUT2D eigenvalue weighted by Gasteiger charge is 2.17. The summed E-state index contributed by atoms with van der Waals surface area (Å²) in [5, 5.41) is 0. The average Bonchev–Trinajstić information content (AvgIpc) is 2.75. The molecule has 6 N–H and O–H groups in total. The number of unbranched alkanes of at least 4 members (excludes halogenated alkanes) is 1. The zero-order chi connectivity index (χ0) is 20.5. The number of benzene rings is 2. The number of nitrogen functional groups attached to an aromatic ring is 2. The molecular weight excluding hydrogens is 360 g/mol. The largest absolute Gasteiger partial charge is 0.294 e. The molecule has 0 fully saturated rings. The number of hydrogen-bond acceptors (Lipinski definition) is 6. The van der Waals surface area contributed by atoms with Gasteiger partial charge in [-0.1, -0.05) is 36.4 Å². The molecule has 0 atom stereocenters. The quantitative estimate of drug-likeness (QED) is 0.170. The van der Waals surface area contributed by atoms with Crippen LogP contribution in [-0.4, -0.2) is 23.4 Å². The molecule has 0 aliphatic carbocycles. The Labute approximate surface area is 162 Å². The van der Waals surface area contributed by atoms with Crippen LogP contribution in [0.3, 0.4) is 0 Å². The number of hydrogen-bond donors (Lipinski definition) is 4. The molecule has 0 unspecified atom stereocenters. The topological polar surface area (TPSA) is 144 Å². The minimum atomic E-state index is -0.533. The lowest BCUT2D eigenvalue weighted by atomic mass is 9.96. The number of rotatable bonds is 9. The fourth-order valence-electron chi connectivity index (χ4n) is 2.84. The van der Waals surface area contributed by atoms with Gasteiger partial charge in [0.1, 0.15) is 0 Å². The number of Topliss-reactive ketones (excluding diaryl/α,β-unsaturated/α-hetero) is 2. The second kappa shape index (κ2) is 10.1. The summed E-state index contributed by atoms with van der Waals surface area (Å²) < 4.78 is 0. The van der Waals surface area contributed by atoms with Gasteiger partial charge in [-0.2, -0.15) is 0 Å². The zero-order valence-corrected chi connectivity index (χ0v) is 15.2. The van der Waals surface area contributed by atoms with Crippen LogP contribution in [0.15, 0.2) is 48.5 Å². The summed E-state index contributed by atoms with van der Waals surface area (Å²) in [5.74, 6) is 8.82. The van der Waals surface area contributed by atoms with Crippen molar-refractivity contribution in [2.24, 2.45) is 11.7 Å². The maximum absolute atomic E-state index is 12.4. The normalized spacial score (nSPS) is 10.2. The molecule has 2 rings (SSSR count). The summed E-state index contributed by atoms with van der Waals surface area (Å²) in [6, 6.07) is 12.8. The molecule has 28 heavy (non-hydrogen) atoms. The van der Waals surface area contributed by atoms with Gasteiger partial charge in [-0.3, -0.25) is 30.0 Å². The maximum Gasteiger partial charge on any atom is 0.265 e. The Bertz CT molecular complexity index is 822. The van der Waals surface area contributed by atoms with Crippen LogP contribution in [0.25, 0.3) is 0 Å². The molecule has 8 heteroatoms. The minimum absolute atomic E-state index is 0.188. The van der Waals surface area contributed by atoms with Crippen molar-refractivity contribution in [3.63, 3.8) is 0 Å². The second-order valence-electron chi connectivity index (χ2n) is 6.09. The van der Waals surface area contributed by atoms with Crippen LogP contribution in [-0.2, 0) is 0 Å². The molecule has 2 amide bonds. The van der Waals surface area contributed by atoms with E-state index in [1.807, 2.05) is 10.9 Å². The summed E-state index contributed by atoms with van der Waals surface area (Å²) in [5.41, 5.74) is 5.06. The Balaban J connectivity index is 1.94. The molecule has 0 aliphatic heterocycles. The Hall–Kier alpha value is -3.36. The van der Waals surface area contributed by atoms with Crippen molar-refractivity contribution in [3.05, 3.63) is 70.8 Å². The molecule has 0 aromatic heterocycles. The Morgan fingerprint density at radius 2 is 0.929 bits per heavy atom. The summed E-state index contributed by atoms with van der Waals surface area (Å²) in [6.45, 7) is 0. The molecular formula is C20H22N4O4. The third kappa shape index (κ3) is 5.09. The first kappa shape index (κ1) is 20.9. The smallest absolute Gasteiger partial charge is 0.265 e. The third-order valence-electron chi connectivity index (χ3n) is 4.26. The van der Waals surface area contributed by atoms with E-state index in [2.05, 4.69) is 0 Å². The predicted molar refractivity (Wildman–Crippen MR) is 103 cm³/mol. The minimum Gasteiger partial charge on any atom is -0.294 e. The van der Waals surface area contributed by atoms with Crippen molar-refractivity contribution in [2.45, 2.75) is 25.7 Å². The highest BCUT2D eigenvalue weighted by molar-refractivity contribution is 6.08. The van der Waals surface area contributed by atoms with Crippen LogP contribution < -0.4 is 22.5 Å². The number of carbonyl (C=O) groups excluding carboxylic acids is 4. The lowest BCUT2D eigenvalue weighted by molar-refractivity contribution is 0.0924. The van der Waals surface area contributed by atoms with E-state index >= 15 is 0 Å². The van der Waals surface area contributed by atoms with Gasteiger partial charge >= 0.3 is 0 Å². The standard InChI is InChI=1S/C20H22N4O4/c21-23-19(27)15-9-3-1-7-13(15)17(25)11-5-6-12-18(26)14-8-2-4-10-16(14)20(28)24-22/h1-4,7-10H,5-6,11-12,21-22H2,(H,23,27)(H,24,28). The van der Waals surface area contributed by atoms with Crippen LogP contribution in [0, 0.1) is 0 Å². The van der Waals surface area contributed by atoms with Crippen LogP contribution in [0.1, 0.15) is 67.1 Å². The van der Waals surface area contributed by atoms with Gasteiger partial charge in [0.15, 0.2) is 11.6 Å². The third-order valence-corrected chi connectivity index (χ3v) is 4.26. The summed E-state index contributed by atoms with van der Waals surface area (Å²) in [7, 11) is 0. The van der Waals surface area contributed by atoms with Gasteiger partial charge in [-0.25, -0.2) is 11.7 Å². The van der Waals surface area contributed by atoms with E-state index in [0.717, 1.165) is 0 Å². The van der Waals surface area contributed by atoms with Crippen LogP contribution in [0.5, 0.6) is 0 Å². The van der Waals surface area contributed by atoms with Crippen molar-refractivity contribution in [3.8, 4) is 0 Å². The molecule has 2 aromatic carbocycles. The van der Waals surface area contributed by atoms with Gasteiger partial charge in [0.2, 0.25) is 0 Å². The molecule has 8 nitrogen and oxygen atoms in total. The predicted octanol–water partition coefficient (Wildman–Crippen LogP) is 1.52. The maximum atomic E-state index is 12.4. The fraction of sp³-hybridized carbons (Fsp3) is 0.200. The Morgan fingerprint density at radius 1 is 0.607 bits per heavy atom. The van der Waals surface area contributed by atoms with E-state index < -0.39 is 11.8 Å². The van der Waals surface area contributed by atoms with Crippen molar-refractivity contribution < 1.29 is 19.2 Å². The molecule has 0 heterocycles. The first-order valence-corrected chi connectivity index (χ1v) is 8.76. The SMILES string of the molecule is NNC(=O)c1ccccc1C(=O)CCCCC(=O)c1ccccc1C(=O)NN. The van der Waals surface area contributed by atoms with Crippen molar-refractivity contribution >= 4 is 23.4 Å². The second-order valence-corrected chi connectivity index (χ2v) is 6.09. The first-order valence-electron chi connectivity index (χ1n) is 8.76. The summed E-state index contributed by atoms with van der Waals surface area (Å²) in [4.78, 5) is 48.3. The van der Waals surface area contributed by atoms with Crippen molar-refractivity contribution in [1.82, 2.24) is 10.9 Å². The first-order chi connectivity index (χ1) is 13.5. The van der Waals surface area contributed by atoms with Crippen molar-refractivity contribution in [1.29, 1.82) is 0 Å². The Kier molecular flexibility index (Phi) is 7.55. The number of nitrogens with one attached hydrogen (secondary N) is 2. The number of amides is 2. The van der Waals surface area contributed by atoms with Gasteiger partial charge in [0, 0.05) is 24.0 Å². The summed E-state index contributed by atoms with van der Waals surface area (Å²) >= 11 is 0. The summed E-state index contributed by atoms with van der Waals surface area (Å²) in [6.07, 6.45) is 1.31. The molecule has 0 saturated carbocycles. The number of carbonyl (C=O) groups is 4. The van der Waals surface area contributed by atoms with Gasteiger partial charge < -0.3 is 0 Å². The fourth-order valence-corrected chi connectivity index (χ4v) is 2.84. The Morgan fingerprint density at radius 3 is 1.25 bits per heavy atom. The molecule has 0 aliphatic rings. The molecule has 2 aromatic rings. The van der Waals surface area contributed by atoms with Gasteiger partial charge in [0.05, 0.1) is 11.1 Å². The molecule has 0 saturated heterocycles. The van der Waals surface area contributed by atoms with E-state index in [1.165, 1.54) is 12.1 Å². The van der Waals surface area contributed by atoms with Crippen LogP contribution in [0.2, 0.25) is 0 Å². The van der Waals surface area contributed by atoms with Crippen LogP contribution in [0.4, 0.5) is 0 Å². The van der Waals surface area contributed by atoms with E-state index in [1.54, 1.807) is 36.4 Å². The molecule has 146 valence electrons. The monoisotopic (exact) mass is 382 g/mol. The highest BCUT2D eigenvalue weighted by atomic mass is 16.2. The van der Waals surface area contributed by atoms with E-state index in [4.69, 9.17) is 11.7 Å². The molecule has 0 bridgehead atoms. The average molecular weight is 382 g/mol. The van der Waals surface area contributed by atoms with E-state index in [9.17, 15) is 19.2 Å². The zero-order valence-electron chi connectivity index (χ0n) is 15.2. The molecule has 0 radical (unpaired) electrons. The van der Waals surface area contributed by atoms with Gasteiger partial charge in [0.25, 0.3) is 11.8 Å². The molecule has 0 spiro atoms. The van der Waals surface area contributed by atoms with Crippen LogP contribution >= 0.6 is 0 Å². The van der Waals surface area contributed by atoms with Crippen molar-refractivity contribution in [2.75, 3.05) is 0 Å². The lowest BCUT2D eigenvalue weighted by Crippen LogP contribution is -2.31. The van der Waals surface area contributed by atoms with Gasteiger partial charge in [-0.15, -0.1) is 0 Å².